The third-order valence-corrected chi connectivity index (χ3v) is 4.27. The maximum Gasteiger partial charge on any atom is 0.224 e. The molecule has 136 valence electrons. The minimum atomic E-state index is 0.0585. The minimum Gasteiger partial charge on any atom is -0.382 e. The molecule has 1 aromatic carbocycles. The van der Waals surface area contributed by atoms with Crippen molar-refractivity contribution in [2.45, 2.75) is 0 Å². The highest BCUT2D eigenvalue weighted by molar-refractivity contribution is 5.88. The summed E-state index contributed by atoms with van der Waals surface area (Å²) in [6.07, 6.45) is 3.56. The van der Waals surface area contributed by atoms with Crippen LogP contribution in [0.25, 0.3) is 33.9 Å². The molecule has 9 heteroatoms. The first-order chi connectivity index (χ1) is 12.9. The van der Waals surface area contributed by atoms with Crippen molar-refractivity contribution in [2.75, 3.05) is 30.5 Å². The molecule has 3 heterocycles. The first-order valence-electron chi connectivity index (χ1n) is 8.30. The standard InChI is InChI=1S/C18H19N9/c1-26(2)11-6-4-10(5-7-11)12-13(17-21-8-9-27(17)3)23-16-14(22-12)15(19)24-18(20)25-16/h4-9H,1-3H3,(H4,19,20,23,24,25). The number of anilines is 3. The third kappa shape index (κ3) is 2.88. The number of fused-ring (bicyclic) bond motifs is 1. The molecule has 4 aromatic rings. The number of hydrogen-bond donors (Lipinski definition) is 2. The Hall–Kier alpha value is -3.75. The van der Waals surface area contributed by atoms with Gasteiger partial charge in [0, 0.05) is 44.8 Å². The molecule has 3 aromatic heterocycles. The molecule has 0 spiro atoms. The summed E-state index contributed by atoms with van der Waals surface area (Å²) in [5.74, 6) is 0.928. The van der Waals surface area contributed by atoms with Crippen molar-refractivity contribution in [1.29, 1.82) is 0 Å². The molecular weight excluding hydrogens is 342 g/mol. The zero-order chi connectivity index (χ0) is 19.1. The lowest BCUT2D eigenvalue weighted by atomic mass is 10.1. The van der Waals surface area contributed by atoms with Crippen molar-refractivity contribution in [3.63, 3.8) is 0 Å². The lowest BCUT2D eigenvalue weighted by Gasteiger charge is -2.14. The summed E-state index contributed by atoms with van der Waals surface area (Å²) in [4.78, 5) is 24.0. The Labute approximate surface area is 155 Å². The van der Waals surface area contributed by atoms with Gasteiger partial charge in [0.1, 0.15) is 11.4 Å². The van der Waals surface area contributed by atoms with E-state index in [4.69, 9.17) is 16.5 Å². The van der Waals surface area contributed by atoms with E-state index in [-0.39, 0.29) is 11.8 Å². The molecule has 0 bridgehead atoms. The molecule has 27 heavy (non-hydrogen) atoms. The fraction of sp³-hybridized carbons (Fsp3) is 0.167. The quantitative estimate of drug-likeness (QED) is 0.565. The van der Waals surface area contributed by atoms with Crippen LogP contribution < -0.4 is 16.4 Å². The van der Waals surface area contributed by atoms with Crippen LogP contribution in [-0.2, 0) is 7.05 Å². The van der Waals surface area contributed by atoms with Crippen LogP contribution in [0.15, 0.2) is 36.7 Å². The number of imidazole rings is 1. The maximum atomic E-state index is 6.01. The Bertz CT molecular complexity index is 1130. The number of rotatable bonds is 3. The van der Waals surface area contributed by atoms with Crippen LogP contribution in [0.2, 0.25) is 0 Å². The predicted molar refractivity (Wildman–Crippen MR) is 106 cm³/mol. The van der Waals surface area contributed by atoms with E-state index in [1.165, 1.54) is 0 Å². The molecular formula is C18H19N9. The van der Waals surface area contributed by atoms with Gasteiger partial charge in [0.15, 0.2) is 22.8 Å². The van der Waals surface area contributed by atoms with Gasteiger partial charge in [-0.2, -0.15) is 9.97 Å². The summed E-state index contributed by atoms with van der Waals surface area (Å²) in [5.41, 5.74) is 15.7. The summed E-state index contributed by atoms with van der Waals surface area (Å²) in [6.45, 7) is 0. The van der Waals surface area contributed by atoms with Gasteiger partial charge < -0.3 is 20.9 Å². The van der Waals surface area contributed by atoms with Gasteiger partial charge in [0.2, 0.25) is 5.95 Å². The molecule has 0 atom stereocenters. The van der Waals surface area contributed by atoms with Crippen molar-refractivity contribution < 1.29 is 0 Å². The van der Waals surface area contributed by atoms with E-state index >= 15 is 0 Å². The molecule has 0 aliphatic rings. The summed E-state index contributed by atoms with van der Waals surface area (Å²) >= 11 is 0. The van der Waals surface area contributed by atoms with Gasteiger partial charge in [0.25, 0.3) is 0 Å². The summed E-state index contributed by atoms with van der Waals surface area (Å²) < 4.78 is 1.88. The fourth-order valence-corrected chi connectivity index (χ4v) is 2.85. The second kappa shape index (κ2) is 6.20. The van der Waals surface area contributed by atoms with Crippen LogP contribution >= 0.6 is 0 Å². The number of hydrogen-bond acceptors (Lipinski definition) is 8. The van der Waals surface area contributed by atoms with E-state index < -0.39 is 0 Å². The number of nitrogen functional groups attached to an aromatic ring is 2. The zero-order valence-corrected chi connectivity index (χ0v) is 15.2. The third-order valence-electron chi connectivity index (χ3n) is 4.27. The number of nitrogens with zero attached hydrogens (tertiary/aromatic N) is 7. The lowest BCUT2D eigenvalue weighted by Crippen LogP contribution is -2.08. The highest BCUT2D eigenvalue weighted by Crippen LogP contribution is 2.31. The number of aromatic nitrogens is 6. The van der Waals surface area contributed by atoms with Crippen LogP contribution in [0.3, 0.4) is 0 Å². The van der Waals surface area contributed by atoms with Gasteiger partial charge in [-0.3, -0.25) is 0 Å². The SMILES string of the molecule is CN(C)c1ccc(-c2nc3c(N)nc(N)nc3nc2-c2nccn2C)cc1. The Morgan fingerprint density at radius 2 is 1.67 bits per heavy atom. The van der Waals surface area contributed by atoms with Crippen LogP contribution in [0.5, 0.6) is 0 Å². The molecule has 9 nitrogen and oxygen atoms in total. The average molecular weight is 361 g/mol. The Balaban J connectivity index is 2.00. The molecule has 0 radical (unpaired) electrons. The molecule has 0 saturated heterocycles. The summed E-state index contributed by atoms with van der Waals surface area (Å²) in [5, 5.41) is 0. The zero-order valence-electron chi connectivity index (χ0n) is 15.2. The Morgan fingerprint density at radius 1 is 0.926 bits per heavy atom. The van der Waals surface area contributed by atoms with Crippen LogP contribution in [0.1, 0.15) is 0 Å². The monoisotopic (exact) mass is 361 g/mol. The topological polar surface area (TPSA) is 125 Å². The van der Waals surface area contributed by atoms with E-state index in [2.05, 4.69) is 19.9 Å². The normalized spacial score (nSPS) is 11.1. The second-order valence-electron chi connectivity index (χ2n) is 6.36. The van der Waals surface area contributed by atoms with Gasteiger partial charge in [0.05, 0.1) is 0 Å². The fourth-order valence-electron chi connectivity index (χ4n) is 2.85. The van der Waals surface area contributed by atoms with Gasteiger partial charge >= 0.3 is 0 Å². The van der Waals surface area contributed by atoms with Crippen molar-refractivity contribution in [3.8, 4) is 22.8 Å². The number of nitrogens with two attached hydrogens (primary N) is 2. The summed E-state index contributed by atoms with van der Waals surface area (Å²) in [7, 11) is 5.88. The van der Waals surface area contributed by atoms with E-state index in [0.717, 1.165) is 11.3 Å². The molecule has 4 N–H and O–H groups in total. The highest BCUT2D eigenvalue weighted by atomic mass is 15.1. The van der Waals surface area contributed by atoms with E-state index in [1.54, 1.807) is 6.20 Å². The molecule has 0 unspecified atom stereocenters. The number of benzene rings is 1. The largest absolute Gasteiger partial charge is 0.382 e. The first-order valence-corrected chi connectivity index (χ1v) is 8.30. The van der Waals surface area contributed by atoms with E-state index in [9.17, 15) is 0 Å². The van der Waals surface area contributed by atoms with Crippen LogP contribution in [-0.4, -0.2) is 43.6 Å². The van der Waals surface area contributed by atoms with E-state index in [1.807, 2.05) is 61.1 Å². The summed E-state index contributed by atoms with van der Waals surface area (Å²) in [6, 6.07) is 8.02. The van der Waals surface area contributed by atoms with Crippen molar-refractivity contribution in [1.82, 2.24) is 29.5 Å². The number of aryl methyl sites for hydroxylation is 1. The molecule has 0 aliphatic carbocycles. The Kier molecular flexibility index (Phi) is 3.84. The molecule has 4 rings (SSSR count). The maximum absolute atomic E-state index is 6.01. The molecule has 0 saturated carbocycles. The van der Waals surface area contributed by atoms with Gasteiger partial charge in [-0.25, -0.2) is 15.0 Å². The van der Waals surface area contributed by atoms with Crippen LogP contribution in [0.4, 0.5) is 17.5 Å². The van der Waals surface area contributed by atoms with Gasteiger partial charge in [-0.05, 0) is 12.1 Å². The predicted octanol–water partition coefficient (Wildman–Crippen LogP) is 1.72. The Morgan fingerprint density at radius 3 is 2.30 bits per heavy atom. The minimum absolute atomic E-state index is 0.0585. The smallest absolute Gasteiger partial charge is 0.224 e. The lowest BCUT2D eigenvalue weighted by molar-refractivity contribution is 0.917. The average Bonchev–Trinajstić information content (AvgIpc) is 3.06. The molecule has 0 aliphatic heterocycles. The van der Waals surface area contributed by atoms with Crippen molar-refractivity contribution >= 4 is 28.6 Å². The molecule has 0 fully saturated rings. The van der Waals surface area contributed by atoms with Crippen molar-refractivity contribution in [3.05, 3.63) is 36.7 Å². The van der Waals surface area contributed by atoms with Gasteiger partial charge in [-0.1, -0.05) is 12.1 Å². The van der Waals surface area contributed by atoms with Crippen LogP contribution in [0, 0.1) is 0 Å². The van der Waals surface area contributed by atoms with E-state index in [0.29, 0.717) is 28.4 Å². The highest BCUT2D eigenvalue weighted by Gasteiger charge is 2.19. The molecule has 0 amide bonds. The van der Waals surface area contributed by atoms with Gasteiger partial charge in [-0.15, -0.1) is 0 Å². The second-order valence-corrected chi connectivity index (χ2v) is 6.36. The first kappa shape index (κ1) is 16.7. The van der Waals surface area contributed by atoms with Crippen molar-refractivity contribution in [2.24, 2.45) is 7.05 Å².